The number of carbonyl (C=O) groups is 2. The fourth-order valence-electron chi connectivity index (χ4n) is 1.50. The number of ether oxygens (including phenoxy) is 1. The Morgan fingerprint density at radius 3 is 2.61 bits per heavy atom. The Balaban J connectivity index is 2.79. The summed E-state index contributed by atoms with van der Waals surface area (Å²) in [6, 6.07) is 10.4. The van der Waals surface area contributed by atoms with Crippen molar-refractivity contribution in [3.8, 4) is 6.07 Å². The van der Waals surface area contributed by atoms with Crippen molar-refractivity contribution >= 4 is 11.9 Å². The second kappa shape index (κ2) is 7.07. The lowest BCUT2D eigenvalue weighted by atomic mass is 10.0. The van der Waals surface area contributed by atoms with E-state index in [1.807, 2.05) is 18.2 Å². The van der Waals surface area contributed by atoms with Crippen LogP contribution < -0.4 is 5.32 Å². The van der Waals surface area contributed by atoms with Crippen LogP contribution in [-0.4, -0.2) is 19.0 Å². The van der Waals surface area contributed by atoms with E-state index in [0.717, 1.165) is 5.56 Å². The standard InChI is InChI=1S/C13H14N2O3/c1-18-13(17)9-11(15-12(16)7-8-14)10-5-3-2-4-6-10/h2-6,11H,7,9H2,1H3,(H,15,16)/t11-/m0/s1. The summed E-state index contributed by atoms with van der Waals surface area (Å²) in [6.45, 7) is 0. The molecule has 0 radical (unpaired) electrons. The summed E-state index contributed by atoms with van der Waals surface area (Å²) < 4.78 is 4.59. The highest BCUT2D eigenvalue weighted by molar-refractivity contribution is 5.79. The van der Waals surface area contributed by atoms with Gasteiger partial charge in [-0.25, -0.2) is 0 Å². The lowest BCUT2D eigenvalue weighted by molar-refractivity contribution is -0.141. The molecule has 0 saturated carbocycles. The van der Waals surface area contributed by atoms with E-state index in [4.69, 9.17) is 5.26 Å². The van der Waals surface area contributed by atoms with Crippen molar-refractivity contribution in [3.63, 3.8) is 0 Å². The topological polar surface area (TPSA) is 79.2 Å². The number of hydrogen-bond donors (Lipinski definition) is 1. The summed E-state index contributed by atoms with van der Waals surface area (Å²) in [5.41, 5.74) is 0.800. The van der Waals surface area contributed by atoms with Crippen molar-refractivity contribution in [1.82, 2.24) is 5.32 Å². The number of nitrogens with zero attached hydrogens (tertiary/aromatic N) is 1. The van der Waals surface area contributed by atoms with Gasteiger partial charge in [0.1, 0.15) is 6.42 Å². The number of benzene rings is 1. The molecule has 1 amide bonds. The second-order valence-corrected chi connectivity index (χ2v) is 3.65. The van der Waals surface area contributed by atoms with Crippen molar-refractivity contribution in [2.24, 2.45) is 0 Å². The maximum Gasteiger partial charge on any atom is 0.307 e. The monoisotopic (exact) mass is 246 g/mol. The van der Waals surface area contributed by atoms with Crippen LogP contribution in [0.2, 0.25) is 0 Å². The van der Waals surface area contributed by atoms with Crippen LogP contribution in [0.1, 0.15) is 24.4 Å². The van der Waals surface area contributed by atoms with Crippen LogP contribution in [-0.2, 0) is 14.3 Å². The van der Waals surface area contributed by atoms with E-state index in [2.05, 4.69) is 10.1 Å². The number of methoxy groups -OCH3 is 1. The zero-order chi connectivity index (χ0) is 13.4. The molecular formula is C13H14N2O3. The molecule has 1 rings (SSSR count). The summed E-state index contributed by atoms with van der Waals surface area (Å²) >= 11 is 0. The maximum atomic E-state index is 11.4. The second-order valence-electron chi connectivity index (χ2n) is 3.65. The fraction of sp³-hybridized carbons (Fsp3) is 0.308. The quantitative estimate of drug-likeness (QED) is 0.795. The number of carbonyl (C=O) groups excluding carboxylic acids is 2. The molecule has 1 aromatic carbocycles. The minimum atomic E-state index is -0.473. The molecule has 5 heteroatoms. The Hall–Kier alpha value is -2.35. The predicted molar refractivity (Wildman–Crippen MR) is 64.2 cm³/mol. The highest BCUT2D eigenvalue weighted by Crippen LogP contribution is 2.17. The van der Waals surface area contributed by atoms with Gasteiger partial charge >= 0.3 is 5.97 Å². The van der Waals surface area contributed by atoms with E-state index >= 15 is 0 Å². The highest BCUT2D eigenvalue weighted by Gasteiger charge is 2.18. The van der Waals surface area contributed by atoms with Gasteiger partial charge < -0.3 is 10.1 Å². The molecule has 0 bridgehead atoms. The van der Waals surface area contributed by atoms with Gasteiger partial charge in [0.15, 0.2) is 0 Å². The summed E-state index contributed by atoms with van der Waals surface area (Å²) in [6.07, 6.45) is -0.192. The molecule has 0 saturated heterocycles. The van der Waals surface area contributed by atoms with E-state index in [1.165, 1.54) is 7.11 Å². The van der Waals surface area contributed by atoms with Gasteiger partial charge in [-0.3, -0.25) is 9.59 Å². The Morgan fingerprint density at radius 2 is 2.06 bits per heavy atom. The molecule has 0 unspecified atom stereocenters. The smallest absolute Gasteiger partial charge is 0.307 e. The molecule has 0 aliphatic rings. The molecular weight excluding hydrogens is 232 g/mol. The first-order valence-electron chi connectivity index (χ1n) is 5.45. The summed E-state index contributed by atoms with van der Waals surface area (Å²) in [7, 11) is 1.29. The van der Waals surface area contributed by atoms with Crippen molar-refractivity contribution in [2.75, 3.05) is 7.11 Å². The van der Waals surface area contributed by atoms with Gasteiger partial charge in [-0.15, -0.1) is 0 Å². The van der Waals surface area contributed by atoms with Gasteiger partial charge in [-0.05, 0) is 5.56 Å². The van der Waals surface area contributed by atoms with Crippen LogP contribution in [0.3, 0.4) is 0 Å². The number of hydrogen-bond acceptors (Lipinski definition) is 4. The van der Waals surface area contributed by atoms with Gasteiger partial charge in [0.05, 0.1) is 25.6 Å². The van der Waals surface area contributed by atoms with Crippen LogP contribution in [0, 0.1) is 11.3 Å². The van der Waals surface area contributed by atoms with E-state index in [0.29, 0.717) is 0 Å². The third-order valence-electron chi connectivity index (χ3n) is 2.38. The fourth-order valence-corrected chi connectivity index (χ4v) is 1.50. The van der Waals surface area contributed by atoms with Gasteiger partial charge in [0.25, 0.3) is 0 Å². The van der Waals surface area contributed by atoms with E-state index in [9.17, 15) is 9.59 Å². The summed E-state index contributed by atoms with van der Waals surface area (Å²) in [4.78, 5) is 22.7. The first kappa shape index (κ1) is 13.7. The van der Waals surface area contributed by atoms with Gasteiger partial charge in [0.2, 0.25) is 5.91 Å². The lowest BCUT2D eigenvalue weighted by Crippen LogP contribution is -2.30. The average molecular weight is 246 g/mol. The number of rotatable bonds is 5. The molecule has 94 valence electrons. The molecule has 1 N–H and O–H groups in total. The Bertz CT molecular complexity index is 451. The van der Waals surface area contributed by atoms with Gasteiger partial charge in [0, 0.05) is 0 Å². The largest absolute Gasteiger partial charge is 0.469 e. The highest BCUT2D eigenvalue weighted by atomic mass is 16.5. The first-order chi connectivity index (χ1) is 8.67. The van der Waals surface area contributed by atoms with Crippen LogP contribution >= 0.6 is 0 Å². The van der Waals surface area contributed by atoms with Crippen LogP contribution in [0.25, 0.3) is 0 Å². The third kappa shape index (κ3) is 4.26. The average Bonchev–Trinajstić information content (AvgIpc) is 2.39. The predicted octanol–water partition coefficient (Wildman–Crippen LogP) is 1.32. The maximum absolute atomic E-state index is 11.4. The molecule has 5 nitrogen and oxygen atoms in total. The molecule has 0 heterocycles. The van der Waals surface area contributed by atoms with Crippen LogP contribution in [0.4, 0.5) is 0 Å². The van der Waals surface area contributed by atoms with Crippen LogP contribution in [0.15, 0.2) is 30.3 Å². The zero-order valence-electron chi connectivity index (χ0n) is 10.1. The number of esters is 1. The Kier molecular flexibility index (Phi) is 5.39. The molecule has 0 aromatic heterocycles. The molecule has 0 aliphatic carbocycles. The van der Waals surface area contributed by atoms with Gasteiger partial charge in [-0.2, -0.15) is 5.26 Å². The number of nitrogens with one attached hydrogen (secondary N) is 1. The minimum Gasteiger partial charge on any atom is -0.469 e. The zero-order valence-corrected chi connectivity index (χ0v) is 10.1. The van der Waals surface area contributed by atoms with Gasteiger partial charge in [-0.1, -0.05) is 30.3 Å². The number of amides is 1. The first-order valence-corrected chi connectivity index (χ1v) is 5.45. The Morgan fingerprint density at radius 1 is 1.39 bits per heavy atom. The summed E-state index contributed by atoms with van der Waals surface area (Å²) in [5.74, 6) is -0.823. The molecule has 1 atom stereocenters. The van der Waals surface area contributed by atoms with Crippen molar-refractivity contribution in [3.05, 3.63) is 35.9 Å². The lowest BCUT2D eigenvalue weighted by Gasteiger charge is -2.17. The molecule has 1 aromatic rings. The Labute approximate surface area is 105 Å². The molecule has 0 aliphatic heterocycles. The molecule has 0 spiro atoms. The number of nitriles is 1. The third-order valence-corrected chi connectivity index (χ3v) is 2.38. The van der Waals surface area contributed by atoms with E-state index in [-0.39, 0.29) is 12.8 Å². The SMILES string of the molecule is COC(=O)C[C@H](NC(=O)CC#N)c1ccccc1. The van der Waals surface area contributed by atoms with Crippen molar-refractivity contribution in [1.29, 1.82) is 5.26 Å². The minimum absolute atomic E-state index is 0.0394. The van der Waals surface area contributed by atoms with Crippen molar-refractivity contribution in [2.45, 2.75) is 18.9 Å². The normalized spacial score (nSPS) is 11.1. The molecule has 18 heavy (non-hydrogen) atoms. The van der Waals surface area contributed by atoms with Crippen LogP contribution in [0.5, 0.6) is 0 Å². The van der Waals surface area contributed by atoms with Crippen molar-refractivity contribution < 1.29 is 14.3 Å². The molecule has 0 fully saturated rings. The van der Waals surface area contributed by atoms with E-state index < -0.39 is 17.9 Å². The summed E-state index contributed by atoms with van der Waals surface area (Å²) in [5, 5.41) is 11.1. The van der Waals surface area contributed by atoms with E-state index in [1.54, 1.807) is 18.2 Å².